The fourth-order valence-corrected chi connectivity index (χ4v) is 3.84. The Morgan fingerprint density at radius 2 is 1.69 bits per heavy atom. The van der Waals surface area contributed by atoms with Gasteiger partial charge in [-0.1, -0.05) is 0 Å². The maximum atomic E-state index is 12.6. The van der Waals surface area contributed by atoms with Crippen LogP contribution in [-0.4, -0.2) is 38.0 Å². The molecular weight excluding hydrogens is 332 g/mol. The molecule has 0 spiro atoms. The summed E-state index contributed by atoms with van der Waals surface area (Å²) in [5.41, 5.74) is 2.19. The molecule has 1 aliphatic heterocycles. The van der Waals surface area contributed by atoms with Gasteiger partial charge in [0.05, 0.1) is 5.39 Å². The van der Waals surface area contributed by atoms with Crippen LogP contribution in [0, 0.1) is 13.8 Å². The largest absolute Gasteiger partial charge is 0.343 e. The van der Waals surface area contributed by atoms with Gasteiger partial charge in [0.1, 0.15) is 5.65 Å². The Hall–Kier alpha value is -2.44. The molecular formula is C19H26N4O3. The van der Waals surface area contributed by atoms with Crippen LogP contribution in [0.3, 0.4) is 0 Å². The minimum Gasteiger partial charge on any atom is -0.343 e. The highest BCUT2D eigenvalue weighted by Gasteiger charge is 2.20. The predicted octanol–water partition coefficient (Wildman–Crippen LogP) is 1.19. The Morgan fingerprint density at radius 1 is 1.04 bits per heavy atom. The van der Waals surface area contributed by atoms with Gasteiger partial charge >= 0.3 is 5.69 Å². The lowest BCUT2D eigenvalue weighted by Crippen LogP contribution is -2.38. The highest BCUT2D eigenvalue weighted by molar-refractivity contribution is 5.80. The van der Waals surface area contributed by atoms with Crippen molar-refractivity contribution in [1.29, 1.82) is 0 Å². The Bertz CT molecular complexity index is 981. The fourth-order valence-electron chi connectivity index (χ4n) is 3.84. The number of carbonyl (C=O) groups excluding carboxylic acids is 1. The summed E-state index contributed by atoms with van der Waals surface area (Å²) in [5, 5.41) is 0.459. The number of aromatic nitrogens is 3. The molecule has 3 heterocycles. The number of hydrogen-bond acceptors (Lipinski definition) is 4. The normalized spacial score (nSPS) is 14.8. The molecule has 26 heavy (non-hydrogen) atoms. The molecule has 1 saturated heterocycles. The number of amides is 1. The van der Waals surface area contributed by atoms with Gasteiger partial charge in [0.15, 0.2) is 0 Å². The molecule has 1 fully saturated rings. The molecule has 0 bridgehead atoms. The second kappa shape index (κ2) is 7.05. The van der Waals surface area contributed by atoms with Gasteiger partial charge in [0, 0.05) is 39.3 Å². The second-order valence-corrected chi connectivity index (χ2v) is 7.15. The number of piperidine rings is 1. The molecule has 2 aromatic rings. The Kier molecular flexibility index (Phi) is 4.98. The average molecular weight is 358 g/mol. The van der Waals surface area contributed by atoms with Crippen molar-refractivity contribution < 1.29 is 4.79 Å². The first-order valence-electron chi connectivity index (χ1n) is 9.16. The zero-order valence-corrected chi connectivity index (χ0v) is 16.0. The Balaban J connectivity index is 1.98. The van der Waals surface area contributed by atoms with Crippen molar-refractivity contribution in [2.75, 3.05) is 13.1 Å². The summed E-state index contributed by atoms with van der Waals surface area (Å²) in [6, 6.07) is 0. The smallest absolute Gasteiger partial charge is 0.332 e. The van der Waals surface area contributed by atoms with Gasteiger partial charge in [-0.2, -0.15) is 0 Å². The van der Waals surface area contributed by atoms with Crippen molar-refractivity contribution >= 4 is 16.9 Å². The molecule has 0 unspecified atom stereocenters. The van der Waals surface area contributed by atoms with Crippen LogP contribution >= 0.6 is 0 Å². The number of nitrogens with zero attached hydrogens (tertiary/aromatic N) is 4. The average Bonchev–Trinajstić information content (AvgIpc) is 2.64. The van der Waals surface area contributed by atoms with E-state index in [1.54, 1.807) is 7.05 Å². The van der Waals surface area contributed by atoms with Gasteiger partial charge in [-0.15, -0.1) is 0 Å². The number of carbonyl (C=O) groups is 1. The van der Waals surface area contributed by atoms with Crippen LogP contribution in [0.15, 0.2) is 9.59 Å². The van der Waals surface area contributed by atoms with E-state index in [-0.39, 0.29) is 17.2 Å². The summed E-state index contributed by atoms with van der Waals surface area (Å²) in [7, 11) is 3.10. The minimum absolute atomic E-state index is 0.164. The van der Waals surface area contributed by atoms with Crippen molar-refractivity contribution in [3.63, 3.8) is 0 Å². The van der Waals surface area contributed by atoms with Gasteiger partial charge in [0.2, 0.25) is 5.91 Å². The zero-order valence-electron chi connectivity index (χ0n) is 16.0. The fraction of sp³-hybridized carbons (Fsp3) is 0.579. The van der Waals surface area contributed by atoms with Gasteiger partial charge < -0.3 is 4.90 Å². The van der Waals surface area contributed by atoms with E-state index in [9.17, 15) is 14.4 Å². The number of pyridine rings is 1. The maximum Gasteiger partial charge on any atom is 0.332 e. The standard InChI is InChI=1S/C19H26N4O3/c1-12-14(8-9-15(24)23-10-6-5-7-11-23)13(2)20-17-16(12)18(25)22(4)19(26)21(17)3/h5-11H2,1-4H3. The molecule has 1 amide bonds. The number of likely N-dealkylation sites (tertiary alicyclic amines) is 1. The van der Waals surface area contributed by atoms with E-state index in [0.717, 1.165) is 47.3 Å². The topological polar surface area (TPSA) is 77.2 Å². The molecule has 7 nitrogen and oxygen atoms in total. The van der Waals surface area contributed by atoms with Crippen LogP contribution in [0.2, 0.25) is 0 Å². The number of aryl methyl sites for hydroxylation is 3. The summed E-state index contributed by atoms with van der Waals surface area (Å²) in [6.45, 7) is 5.43. The van der Waals surface area contributed by atoms with E-state index >= 15 is 0 Å². The van der Waals surface area contributed by atoms with Crippen molar-refractivity contribution in [3.8, 4) is 0 Å². The van der Waals surface area contributed by atoms with Crippen molar-refractivity contribution in [2.24, 2.45) is 14.1 Å². The molecule has 0 aromatic carbocycles. The van der Waals surface area contributed by atoms with Gasteiger partial charge in [-0.05, 0) is 50.7 Å². The predicted molar refractivity (Wildman–Crippen MR) is 100 cm³/mol. The molecule has 1 aliphatic rings. The van der Waals surface area contributed by atoms with Crippen LogP contribution in [0.1, 0.15) is 42.5 Å². The highest BCUT2D eigenvalue weighted by Crippen LogP contribution is 2.21. The summed E-state index contributed by atoms with van der Waals surface area (Å²) in [5.74, 6) is 0.164. The molecule has 3 rings (SSSR count). The van der Waals surface area contributed by atoms with Gasteiger partial charge in [0.25, 0.3) is 5.56 Å². The highest BCUT2D eigenvalue weighted by atomic mass is 16.2. The number of rotatable bonds is 3. The van der Waals surface area contributed by atoms with E-state index < -0.39 is 0 Å². The van der Waals surface area contributed by atoms with E-state index in [2.05, 4.69) is 4.98 Å². The quantitative estimate of drug-likeness (QED) is 0.826. The summed E-state index contributed by atoms with van der Waals surface area (Å²) < 4.78 is 2.51. The maximum absolute atomic E-state index is 12.6. The lowest BCUT2D eigenvalue weighted by Gasteiger charge is -2.27. The monoisotopic (exact) mass is 358 g/mol. The van der Waals surface area contributed by atoms with Crippen molar-refractivity contribution in [1.82, 2.24) is 19.0 Å². The SMILES string of the molecule is Cc1nc2c(c(C)c1CCC(=O)N1CCCCC1)c(=O)n(C)c(=O)n2C. The van der Waals surface area contributed by atoms with Gasteiger partial charge in [-0.25, -0.2) is 9.78 Å². The van der Waals surface area contributed by atoms with E-state index in [1.807, 2.05) is 18.7 Å². The third kappa shape index (κ3) is 3.06. The van der Waals surface area contributed by atoms with Crippen LogP contribution in [0.25, 0.3) is 11.0 Å². The Morgan fingerprint density at radius 3 is 2.35 bits per heavy atom. The van der Waals surface area contributed by atoms with Crippen molar-refractivity contribution in [2.45, 2.75) is 46.0 Å². The first-order valence-corrected chi connectivity index (χ1v) is 9.16. The van der Waals surface area contributed by atoms with Crippen molar-refractivity contribution in [3.05, 3.63) is 37.7 Å². The summed E-state index contributed by atoms with van der Waals surface area (Å²) in [4.78, 5) is 43.7. The van der Waals surface area contributed by atoms with E-state index in [0.29, 0.717) is 23.9 Å². The lowest BCUT2D eigenvalue weighted by atomic mass is 9.99. The molecule has 0 radical (unpaired) electrons. The summed E-state index contributed by atoms with van der Waals surface area (Å²) in [6.07, 6.45) is 4.32. The zero-order chi connectivity index (χ0) is 19.0. The van der Waals surface area contributed by atoms with Gasteiger partial charge in [-0.3, -0.25) is 18.7 Å². The molecule has 0 atom stereocenters. The Labute approximate surface area is 152 Å². The van der Waals surface area contributed by atoms with Crippen LogP contribution in [-0.2, 0) is 25.3 Å². The van der Waals surface area contributed by atoms with Crippen LogP contribution < -0.4 is 11.2 Å². The second-order valence-electron chi connectivity index (χ2n) is 7.15. The molecule has 2 aromatic heterocycles. The first kappa shape index (κ1) is 18.4. The third-order valence-corrected chi connectivity index (χ3v) is 5.47. The van der Waals surface area contributed by atoms with Crippen LogP contribution in [0.4, 0.5) is 0 Å². The van der Waals surface area contributed by atoms with E-state index in [4.69, 9.17) is 0 Å². The molecule has 0 saturated carbocycles. The van der Waals surface area contributed by atoms with Crippen LogP contribution in [0.5, 0.6) is 0 Å². The number of hydrogen-bond donors (Lipinski definition) is 0. The lowest BCUT2D eigenvalue weighted by molar-refractivity contribution is -0.132. The van der Waals surface area contributed by atoms with E-state index in [1.165, 1.54) is 18.0 Å². The molecule has 0 aliphatic carbocycles. The molecule has 0 N–H and O–H groups in total. The number of fused-ring (bicyclic) bond motifs is 1. The minimum atomic E-state index is -0.387. The third-order valence-electron chi connectivity index (χ3n) is 5.47. The first-order chi connectivity index (χ1) is 12.3. The summed E-state index contributed by atoms with van der Waals surface area (Å²) >= 11 is 0. The molecule has 7 heteroatoms. The molecule has 140 valence electrons.